The van der Waals surface area contributed by atoms with Crippen LogP contribution in [0.4, 0.5) is 5.69 Å². The van der Waals surface area contributed by atoms with Gasteiger partial charge in [-0.1, -0.05) is 26.0 Å². The number of fused-ring (bicyclic) bond motifs is 1. The standard InChI is InChI=1S/C21H21NO4/c1-13(2)18-11-21(24)26-19-10-16(7-8-17(18)19)25-12-20(23)22-15-6-4-5-14(3)9-15/h4-11,13H,12H2,1-3H3,(H,22,23). The van der Waals surface area contributed by atoms with E-state index in [0.29, 0.717) is 11.3 Å². The first-order valence-corrected chi connectivity index (χ1v) is 8.49. The summed E-state index contributed by atoms with van der Waals surface area (Å²) in [6, 6.07) is 14.3. The van der Waals surface area contributed by atoms with Crippen molar-refractivity contribution in [3.05, 3.63) is 70.1 Å². The van der Waals surface area contributed by atoms with E-state index in [-0.39, 0.29) is 18.4 Å². The Kier molecular flexibility index (Phi) is 5.07. The van der Waals surface area contributed by atoms with Gasteiger partial charge in [0.15, 0.2) is 6.61 Å². The summed E-state index contributed by atoms with van der Waals surface area (Å²) < 4.78 is 10.8. The lowest BCUT2D eigenvalue weighted by Gasteiger charge is -2.11. The van der Waals surface area contributed by atoms with Gasteiger partial charge in [-0.05, 0) is 48.2 Å². The number of benzene rings is 2. The Morgan fingerprint density at radius 2 is 1.96 bits per heavy atom. The minimum atomic E-state index is -0.393. The topological polar surface area (TPSA) is 68.5 Å². The van der Waals surface area contributed by atoms with E-state index in [9.17, 15) is 9.59 Å². The van der Waals surface area contributed by atoms with Crippen LogP contribution in [-0.2, 0) is 4.79 Å². The molecule has 0 saturated carbocycles. The summed E-state index contributed by atoms with van der Waals surface area (Å²) in [6.07, 6.45) is 0. The quantitative estimate of drug-likeness (QED) is 0.698. The molecule has 1 aromatic heterocycles. The molecule has 0 saturated heterocycles. The molecule has 3 rings (SSSR count). The highest BCUT2D eigenvalue weighted by Gasteiger charge is 2.11. The Labute approximate surface area is 151 Å². The van der Waals surface area contributed by atoms with Crippen LogP contribution in [0.5, 0.6) is 5.75 Å². The van der Waals surface area contributed by atoms with Crippen LogP contribution < -0.4 is 15.7 Å². The number of anilines is 1. The van der Waals surface area contributed by atoms with Crippen molar-refractivity contribution >= 4 is 22.6 Å². The second kappa shape index (κ2) is 7.44. The van der Waals surface area contributed by atoms with E-state index in [2.05, 4.69) is 5.32 Å². The number of carbonyl (C=O) groups is 1. The van der Waals surface area contributed by atoms with Crippen LogP contribution in [-0.4, -0.2) is 12.5 Å². The van der Waals surface area contributed by atoms with Gasteiger partial charge in [-0.15, -0.1) is 0 Å². The molecule has 1 N–H and O–H groups in total. The average molecular weight is 351 g/mol. The van der Waals surface area contributed by atoms with Gasteiger partial charge in [0.25, 0.3) is 5.91 Å². The molecule has 26 heavy (non-hydrogen) atoms. The zero-order valence-electron chi connectivity index (χ0n) is 15.0. The first-order chi connectivity index (χ1) is 12.4. The number of carbonyl (C=O) groups excluding carboxylic acids is 1. The fraction of sp³-hybridized carbons (Fsp3) is 0.238. The number of amides is 1. The van der Waals surface area contributed by atoms with E-state index in [1.165, 1.54) is 6.07 Å². The molecule has 0 aliphatic carbocycles. The maximum atomic E-state index is 12.0. The van der Waals surface area contributed by atoms with Gasteiger partial charge >= 0.3 is 5.63 Å². The van der Waals surface area contributed by atoms with Crippen LogP contribution >= 0.6 is 0 Å². The summed E-state index contributed by atoms with van der Waals surface area (Å²) in [6.45, 7) is 5.87. The number of hydrogen-bond acceptors (Lipinski definition) is 4. The molecule has 0 unspecified atom stereocenters. The largest absolute Gasteiger partial charge is 0.484 e. The Hall–Kier alpha value is -3.08. The van der Waals surface area contributed by atoms with Crippen LogP contribution in [0, 0.1) is 6.92 Å². The van der Waals surface area contributed by atoms with Gasteiger partial charge in [0.2, 0.25) is 0 Å². The van der Waals surface area contributed by atoms with Crippen molar-refractivity contribution in [2.75, 3.05) is 11.9 Å². The van der Waals surface area contributed by atoms with Crippen LogP contribution in [0.25, 0.3) is 11.0 Å². The van der Waals surface area contributed by atoms with E-state index < -0.39 is 5.63 Å². The molecule has 1 heterocycles. The van der Waals surface area contributed by atoms with Crippen molar-refractivity contribution in [1.29, 1.82) is 0 Å². The number of hydrogen-bond donors (Lipinski definition) is 1. The Bertz CT molecular complexity index is 1000. The van der Waals surface area contributed by atoms with Crippen LogP contribution in [0.2, 0.25) is 0 Å². The van der Waals surface area contributed by atoms with Gasteiger partial charge in [-0.2, -0.15) is 0 Å². The summed E-state index contributed by atoms with van der Waals surface area (Å²) in [4.78, 5) is 23.8. The lowest BCUT2D eigenvalue weighted by Crippen LogP contribution is -2.20. The molecular weight excluding hydrogens is 330 g/mol. The minimum absolute atomic E-state index is 0.131. The van der Waals surface area contributed by atoms with Gasteiger partial charge in [0.1, 0.15) is 11.3 Å². The molecule has 0 radical (unpaired) electrons. The third-order valence-corrected chi connectivity index (χ3v) is 4.04. The summed E-state index contributed by atoms with van der Waals surface area (Å²) in [5.74, 6) is 0.419. The summed E-state index contributed by atoms with van der Waals surface area (Å²) in [5.41, 5.74) is 2.78. The highest BCUT2D eigenvalue weighted by atomic mass is 16.5. The monoisotopic (exact) mass is 351 g/mol. The smallest absolute Gasteiger partial charge is 0.336 e. The third kappa shape index (κ3) is 4.11. The number of rotatable bonds is 5. The van der Waals surface area contributed by atoms with Crippen LogP contribution in [0.1, 0.15) is 30.9 Å². The molecule has 0 fully saturated rings. The first-order valence-electron chi connectivity index (χ1n) is 8.49. The fourth-order valence-electron chi connectivity index (χ4n) is 2.80. The first kappa shape index (κ1) is 17.7. The number of aryl methyl sites for hydroxylation is 1. The van der Waals surface area contributed by atoms with Crippen molar-refractivity contribution in [3.8, 4) is 5.75 Å². The van der Waals surface area contributed by atoms with Gasteiger partial charge < -0.3 is 14.5 Å². The Morgan fingerprint density at radius 1 is 1.15 bits per heavy atom. The van der Waals surface area contributed by atoms with Crippen molar-refractivity contribution in [3.63, 3.8) is 0 Å². The van der Waals surface area contributed by atoms with E-state index in [1.54, 1.807) is 12.1 Å². The molecule has 2 aromatic carbocycles. The second-order valence-corrected chi connectivity index (χ2v) is 6.54. The SMILES string of the molecule is Cc1cccc(NC(=O)COc2ccc3c(C(C)C)cc(=O)oc3c2)c1. The molecule has 0 atom stereocenters. The number of ether oxygens (including phenoxy) is 1. The molecule has 1 amide bonds. The van der Waals surface area contributed by atoms with E-state index in [1.807, 2.05) is 51.1 Å². The number of nitrogens with one attached hydrogen (secondary N) is 1. The normalized spacial score (nSPS) is 10.9. The minimum Gasteiger partial charge on any atom is -0.484 e. The van der Waals surface area contributed by atoms with Gasteiger partial charge in [0, 0.05) is 23.2 Å². The predicted molar refractivity (Wildman–Crippen MR) is 102 cm³/mol. The third-order valence-electron chi connectivity index (χ3n) is 4.04. The molecular formula is C21H21NO4. The maximum absolute atomic E-state index is 12.0. The van der Waals surface area contributed by atoms with Crippen LogP contribution in [0.15, 0.2) is 57.7 Å². The van der Waals surface area contributed by atoms with Crippen LogP contribution in [0.3, 0.4) is 0 Å². The molecule has 0 spiro atoms. The average Bonchev–Trinajstić information content (AvgIpc) is 2.58. The van der Waals surface area contributed by atoms with Crippen molar-refractivity contribution in [2.24, 2.45) is 0 Å². The summed E-state index contributed by atoms with van der Waals surface area (Å²) in [7, 11) is 0. The molecule has 5 heteroatoms. The second-order valence-electron chi connectivity index (χ2n) is 6.54. The lowest BCUT2D eigenvalue weighted by molar-refractivity contribution is -0.118. The predicted octanol–water partition coefficient (Wildman–Crippen LogP) is 4.24. The van der Waals surface area contributed by atoms with Gasteiger partial charge in [-0.25, -0.2) is 4.79 Å². The molecule has 3 aromatic rings. The van der Waals surface area contributed by atoms with Gasteiger partial charge in [-0.3, -0.25) is 4.79 Å². The molecule has 5 nitrogen and oxygen atoms in total. The fourth-order valence-corrected chi connectivity index (χ4v) is 2.80. The van der Waals surface area contributed by atoms with E-state index in [4.69, 9.17) is 9.15 Å². The van der Waals surface area contributed by atoms with Crippen molar-refractivity contribution < 1.29 is 13.9 Å². The molecule has 0 aliphatic rings. The summed E-state index contributed by atoms with van der Waals surface area (Å²) >= 11 is 0. The van der Waals surface area contributed by atoms with Crippen molar-refractivity contribution in [1.82, 2.24) is 0 Å². The Morgan fingerprint density at radius 3 is 2.69 bits per heavy atom. The van der Waals surface area contributed by atoms with Gasteiger partial charge in [0.05, 0.1) is 0 Å². The zero-order valence-corrected chi connectivity index (χ0v) is 15.0. The Balaban J connectivity index is 1.73. The molecule has 134 valence electrons. The maximum Gasteiger partial charge on any atom is 0.336 e. The lowest BCUT2D eigenvalue weighted by atomic mass is 10.00. The van der Waals surface area contributed by atoms with Crippen molar-refractivity contribution in [2.45, 2.75) is 26.7 Å². The summed E-state index contributed by atoms with van der Waals surface area (Å²) in [5, 5.41) is 3.66. The molecule has 0 bridgehead atoms. The highest BCUT2D eigenvalue weighted by molar-refractivity contribution is 5.92. The highest BCUT2D eigenvalue weighted by Crippen LogP contribution is 2.27. The van der Waals surface area contributed by atoms with E-state index in [0.717, 1.165) is 22.2 Å². The molecule has 0 aliphatic heterocycles. The zero-order chi connectivity index (χ0) is 18.7. The van der Waals surface area contributed by atoms with E-state index >= 15 is 0 Å².